The van der Waals surface area contributed by atoms with Crippen molar-refractivity contribution in [1.82, 2.24) is 5.32 Å². The lowest BCUT2D eigenvalue weighted by Gasteiger charge is -2.41. The molecule has 9 heteroatoms. The van der Waals surface area contributed by atoms with Crippen LogP contribution >= 0.6 is 11.6 Å². The molecule has 2 heterocycles. The number of Topliss-reactive ketones (excluding diaryl/α,β-unsaturated/α-hetero) is 2. The van der Waals surface area contributed by atoms with Gasteiger partial charge in [0.25, 0.3) is 0 Å². The van der Waals surface area contributed by atoms with Crippen LogP contribution in [0.2, 0.25) is 5.02 Å². The van der Waals surface area contributed by atoms with E-state index in [1.54, 1.807) is 13.0 Å². The number of fused-ring (bicyclic) bond motifs is 1. The summed E-state index contributed by atoms with van der Waals surface area (Å²) in [6, 6.07) is 10.8. The number of hydrogen-bond donors (Lipinski definition) is 1. The monoisotopic (exact) mass is 509 g/mol. The maximum absolute atomic E-state index is 14.4. The van der Waals surface area contributed by atoms with Crippen molar-refractivity contribution in [2.45, 2.75) is 24.9 Å². The van der Waals surface area contributed by atoms with Crippen LogP contribution in [0, 0.1) is 5.92 Å². The minimum Gasteiger partial charge on any atom is -0.496 e. The molecule has 0 radical (unpaired) electrons. The summed E-state index contributed by atoms with van der Waals surface area (Å²) >= 11 is 6.52. The molecule has 2 aromatic carbocycles. The molecule has 3 atom stereocenters. The van der Waals surface area contributed by atoms with Crippen LogP contribution in [0.15, 0.2) is 59.4 Å². The molecule has 0 bridgehead atoms. The smallest absolute Gasteiger partial charge is 0.354 e. The molecule has 0 saturated carbocycles. The highest BCUT2D eigenvalue weighted by Crippen LogP contribution is 2.55. The Hall–Kier alpha value is -3.78. The predicted molar refractivity (Wildman–Crippen MR) is 130 cm³/mol. The highest BCUT2D eigenvalue weighted by atomic mass is 35.5. The molecule has 0 amide bonds. The molecular formula is C27H24ClNO7. The van der Waals surface area contributed by atoms with E-state index in [1.165, 1.54) is 27.4 Å². The number of nitrogens with one attached hydrogen (secondary N) is 1. The molecule has 1 spiro atoms. The van der Waals surface area contributed by atoms with E-state index >= 15 is 0 Å². The zero-order valence-electron chi connectivity index (χ0n) is 20.1. The Balaban J connectivity index is 1.67. The van der Waals surface area contributed by atoms with E-state index < -0.39 is 35.0 Å². The van der Waals surface area contributed by atoms with Crippen LogP contribution in [0.25, 0.3) is 0 Å². The minimum atomic E-state index is -1.84. The molecule has 5 rings (SSSR count). The van der Waals surface area contributed by atoms with Crippen molar-refractivity contribution in [3.8, 4) is 17.2 Å². The van der Waals surface area contributed by atoms with E-state index in [2.05, 4.69) is 5.32 Å². The Morgan fingerprint density at radius 2 is 1.78 bits per heavy atom. The van der Waals surface area contributed by atoms with E-state index in [0.717, 1.165) is 5.56 Å². The second-order valence-electron chi connectivity index (χ2n) is 8.88. The molecule has 3 aliphatic rings. The number of carbonyl (C=O) groups excluding carboxylic acids is 3. The Kier molecular flexibility index (Phi) is 5.79. The lowest BCUT2D eigenvalue weighted by atomic mass is 9.67. The summed E-state index contributed by atoms with van der Waals surface area (Å²) < 4.78 is 21.9. The van der Waals surface area contributed by atoms with E-state index in [0.29, 0.717) is 11.3 Å². The number of benzene rings is 2. The molecule has 0 saturated heterocycles. The van der Waals surface area contributed by atoms with Crippen molar-refractivity contribution in [3.05, 3.63) is 75.6 Å². The molecule has 1 N–H and O–H groups in total. The number of esters is 1. The van der Waals surface area contributed by atoms with Gasteiger partial charge in [-0.05, 0) is 18.1 Å². The summed E-state index contributed by atoms with van der Waals surface area (Å²) in [5.74, 6) is -2.20. The van der Waals surface area contributed by atoms with Crippen molar-refractivity contribution < 1.29 is 33.3 Å². The van der Waals surface area contributed by atoms with Crippen LogP contribution in [0.1, 0.15) is 35.2 Å². The summed E-state index contributed by atoms with van der Waals surface area (Å²) in [5.41, 5.74) is 0.200. The summed E-state index contributed by atoms with van der Waals surface area (Å²) in [6.07, 6.45) is 1.92. The van der Waals surface area contributed by atoms with Crippen LogP contribution in [0.4, 0.5) is 0 Å². The molecule has 0 fully saturated rings. The standard InChI is InChI=1S/C27H24ClNO7/c1-13-10-16-20(15(14-8-6-5-7-9-14)11-17(29-16)26(32)35-4)24(30)27(13)25(31)21-18(33-2)12-19(34-3)22(28)23(21)36-27/h5-9,11-13,15,29H,10H2,1-4H3. The van der Waals surface area contributed by atoms with Gasteiger partial charge < -0.3 is 24.3 Å². The molecule has 3 unspecified atom stereocenters. The zero-order valence-corrected chi connectivity index (χ0v) is 20.9. The molecule has 36 heavy (non-hydrogen) atoms. The fraction of sp³-hybridized carbons (Fsp3) is 0.296. The topological polar surface area (TPSA) is 100 Å². The summed E-state index contributed by atoms with van der Waals surface area (Å²) in [6.45, 7) is 1.76. The van der Waals surface area contributed by atoms with Crippen LogP contribution < -0.4 is 19.5 Å². The third kappa shape index (κ3) is 3.24. The number of halogens is 1. The second kappa shape index (κ2) is 8.71. The van der Waals surface area contributed by atoms with Crippen LogP contribution in [-0.2, 0) is 14.3 Å². The quantitative estimate of drug-likeness (QED) is 0.488. The van der Waals surface area contributed by atoms with Gasteiger partial charge in [-0.25, -0.2) is 4.79 Å². The van der Waals surface area contributed by atoms with Crippen molar-refractivity contribution >= 4 is 29.1 Å². The first-order valence-electron chi connectivity index (χ1n) is 11.4. The van der Waals surface area contributed by atoms with E-state index in [4.69, 9.17) is 30.5 Å². The van der Waals surface area contributed by atoms with E-state index in [-0.39, 0.29) is 40.0 Å². The first-order chi connectivity index (χ1) is 17.3. The number of ketones is 2. The largest absolute Gasteiger partial charge is 0.496 e. The van der Waals surface area contributed by atoms with Crippen molar-refractivity contribution in [3.63, 3.8) is 0 Å². The highest BCUT2D eigenvalue weighted by Gasteiger charge is 2.63. The number of dihydropyridines is 1. The van der Waals surface area contributed by atoms with Crippen LogP contribution in [0.5, 0.6) is 17.2 Å². The van der Waals surface area contributed by atoms with Gasteiger partial charge in [-0.1, -0.05) is 48.9 Å². The zero-order chi connectivity index (χ0) is 25.8. The third-order valence-electron chi connectivity index (χ3n) is 7.02. The number of hydrogen-bond acceptors (Lipinski definition) is 8. The van der Waals surface area contributed by atoms with Crippen molar-refractivity contribution in [2.24, 2.45) is 5.92 Å². The molecule has 186 valence electrons. The second-order valence-corrected chi connectivity index (χ2v) is 9.26. The first-order valence-corrected chi connectivity index (χ1v) is 11.7. The lowest BCUT2D eigenvalue weighted by Crippen LogP contribution is -2.58. The molecule has 0 aromatic heterocycles. The Morgan fingerprint density at radius 1 is 1.08 bits per heavy atom. The summed E-state index contributed by atoms with van der Waals surface area (Å²) in [7, 11) is 4.15. The molecule has 8 nitrogen and oxygen atoms in total. The van der Waals surface area contributed by atoms with Gasteiger partial charge in [0.2, 0.25) is 17.2 Å². The van der Waals surface area contributed by atoms with Gasteiger partial charge in [-0.3, -0.25) is 9.59 Å². The van der Waals surface area contributed by atoms with Crippen molar-refractivity contribution in [2.75, 3.05) is 21.3 Å². The Labute approximate surface area is 212 Å². The van der Waals surface area contributed by atoms with Gasteiger partial charge in [0, 0.05) is 29.2 Å². The van der Waals surface area contributed by atoms with Crippen molar-refractivity contribution in [1.29, 1.82) is 0 Å². The SMILES string of the molecule is COC(=O)C1=CC(c2ccccc2)C2=C(CC(C)C3(Oc4c(Cl)c(OC)cc(OC)c4C3=O)C2=O)N1. The molecule has 2 aliphatic heterocycles. The first kappa shape index (κ1) is 23.9. The number of carbonyl (C=O) groups is 3. The third-order valence-corrected chi connectivity index (χ3v) is 7.38. The number of ether oxygens (including phenoxy) is 4. The maximum Gasteiger partial charge on any atom is 0.354 e. The lowest BCUT2D eigenvalue weighted by molar-refractivity contribution is -0.137. The van der Waals surface area contributed by atoms with Gasteiger partial charge in [0.15, 0.2) is 5.75 Å². The number of rotatable bonds is 4. The maximum atomic E-state index is 14.4. The van der Waals surface area contributed by atoms with Crippen LogP contribution in [0.3, 0.4) is 0 Å². The Bertz CT molecular complexity index is 1360. The van der Waals surface area contributed by atoms with Gasteiger partial charge >= 0.3 is 5.97 Å². The minimum absolute atomic E-state index is 0.0629. The van der Waals surface area contributed by atoms with Crippen LogP contribution in [-0.4, -0.2) is 44.5 Å². The van der Waals surface area contributed by atoms with Gasteiger partial charge in [0.1, 0.15) is 27.8 Å². The van der Waals surface area contributed by atoms with E-state index in [9.17, 15) is 14.4 Å². The van der Waals surface area contributed by atoms with Gasteiger partial charge in [-0.15, -0.1) is 0 Å². The summed E-state index contributed by atoms with van der Waals surface area (Å²) in [4.78, 5) is 40.8. The average Bonchev–Trinajstić information content (AvgIpc) is 3.21. The Morgan fingerprint density at radius 3 is 2.42 bits per heavy atom. The molecule has 1 aliphatic carbocycles. The highest BCUT2D eigenvalue weighted by molar-refractivity contribution is 6.36. The fourth-order valence-electron chi connectivity index (χ4n) is 5.25. The molecular weight excluding hydrogens is 486 g/mol. The normalized spacial score (nSPS) is 24.4. The number of methoxy groups -OCH3 is 3. The predicted octanol–water partition coefficient (Wildman–Crippen LogP) is 3.98. The number of allylic oxidation sites excluding steroid dienone is 2. The fourth-order valence-corrected chi connectivity index (χ4v) is 5.51. The van der Waals surface area contributed by atoms with Gasteiger partial charge in [-0.2, -0.15) is 0 Å². The average molecular weight is 510 g/mol. The van der Waals surface area contributed by atoms with E-state index in [1.807, 2.05) is 30.3 Å². The van der Waals surface area contributed by atoms with Gasteiger partial charge in [0.05, 0.1) is 21.3 Å². The summed E-state index contributed by atoms with van der Waals surface area (Å²) in [5, 5.41) is 3.16. The molecule has 2 aromatic rings.